The summed E-state index contributed by atoms with van der Waals surface area (Å²) in [5.74, 6) is 0.909. The van der Waals surface area contributed by atoms with Gasteiger partial charge in [0.05, 0.1) is 0 Å². The minimum atomic E-state index is 0.512. The van der Waals surface area contributed by atoms with Crippen LogP contribution in [0.2, 0.25) is 0 Å². The molecule has 0 amide bonds. The lowest BCUT2D eigenvalue weighted by Gasteiger charge is -2.21. The largest absolute Gasteiger partial charge is 0.309 e. The number of hydrogen-bond acceptors (Lipinski definition) is 1. The molecule has 0 aliphatic rings. The molecule has 92 valence electrons. The summed E-state index contributed by atoms with van der Waals surface area (Å²) in [6, 6.07) is 0. The molecule has 0 fully saturated rings. The Balaban J connectivity index is 3.38. The van der Waals surface area contributed by atoms with Gasteiger partial charge in [-0.3, -0.25) is 0 Å². The zero-order chi connectivity index (χ0) is 11.9. The molecule has 0 aromatic heterocycles. The third kappa shape index (κ3) is 11.9. The molecule has 0 saturated heterocycles. The highest BCUT2D eigenvalue weighted by Crippen LogP contribution is 2.25. The van der Waals surface area contributed by atoms with Gasteiger partial charge in [0.1, 0.15) is 0 Å². The van der Waals surface area contributed by atoms with Gasteiger partial charge in [-0.1, -0.05) is 47.0 Å². The van der Waals surface area contributed by atoms with Crippen LogP contribution in [0.25, 0.3) is 0 Å². The second-order valence-electron chi connectivity index (χ2n) is 6.50. The molecule has 15 heavy (non-hydrogen) atoms. The van der Waals surface area contributed by atoms with Crippen molar-refractivity contribution in [3.8, 4) is 0 Å². The van der Waals surface area contributed by atoms with E-state index >= 15 is 0 Å². The van der Waals surface area contributed by atoms with Crippen molar-refractivity contribution in [1.29, 1.82) is 0 Å². The topological polar surface area (TPSA) is 3.24 Å². The summed E-state index contributed by atoms with van der Waals surface area (Å²) in [6.45, 7) is 10.7. The SMILES string of the molecule is CC(CCCCN(C)C)CCC(C)(C)C. The maximum Gasteiger partial charge on any atom is -0.00248 e. The van der Waals surface area contributed by atoms with E-state index in [1.54, 1.807) is 0 Å². The molecule has 0 aromatic rings. The third-order valence-electron chi connectivity index (χ3n) is 2.94. The molecular weight excluding hydrogens is 182 g/mol. The number of rotatable bonds is 7. The summed E-state index contributed by atoms with van der Waals surface area (Å²) in [4.78, 5) is 2.28. The van der Waals surface area contributed by atoms with Gasteiger partial charge in [-0.2, -0.15) is 0 Å². The summed E-state index contributed by atoms with van der Waals surface area (Å²) < 4.78 is 0. The van der Waals surface area contributed by atoms with Crippen molar-refractivity contribution in [2.24, 2.45) is 11.3 Å². The number of hydrogen-bond donors (Lipinski definition) is 0. The Hall–Kier alpha value is -0.0400. The van der Waals surface area contributed by atoms with E-state index in [0.29, 0.717) is 5.41 Å². The van der Waals surface area contributed by atoms with Gasteiger partial charge in [0.15, 0.2) is 0 Å². The molecule has 0 aliphatic carbocycles. The van der Waals surface area contributed by atoms with Crippen LogP contribution in [0.5, 0.6) is 0 Å². The van der Waals surface area contributed by atoms with Crippen LogP contribution >= 0.6 is 0 Å². The predicted molar refractivity (Wildman–Crippen MR) is 70.3 cm³/mol. The summed E-state index contributed by atoms with van der Waals surface area (Å²) in [6.07, 6.45) is 6.91. The molecular formula is C14H31N. The van der Waals surface area contributed by atoms with E-state index in [-0.39, 0.29) is 0 Å². The molecule has 1 atom stereocenters. The van der Waals surface area contributed by atoms with Crippen molar-refractivity contribution in [3.05, 3.63) is 0 Å². The van der Waals surface area contributed by atoms with Crippen molar-refractivity contribution < 1.29 is 0 Å². The van der Waals surface area contributed by atoms with Crippen LogP contribution in [-0.4, -0.2) is 25.5 Å². The highest BCUT2D eigenvalue weighted by molar-refractivity contribution is 4.64. The lowest BCUT2D eigenvalue weighted by molar-refractivity contribution is 0.314. The minimum absolute atomic E-state index is 0.512. The molecule has 0 saturated carbocycles. The first-order valence-corrected chi connectivity index (χ1v) is 6.46. The quantitative estimate of drug-likeness (QED) is 0.573. The average Bonchev–Trinajstić information content (AvgIpc) is 2.07. The summed E-state index contributed by atoms with van der Waals surface area (Å²) in [7, 11) is 4.31. The fourth-order valence-corrected chi connectivity index (χ4v) is 1.74. The molecule has 0 rings (SSSR count). The van der Waals surface area contributed by atoms with Crippen molar-refractivity contribution >= 4 is 0 Å². The molecule has 1 unspecified atom stereocenters. The van der Waals surface area contributed by atoms with Crippen LogP contribution in [0.15, 0.2) is 0 Å². The highest BCUT2D eigenvalue weighted by Gasteiger charge is 2.12. The zero-order valence-corrected chi connectivity index (χ0v) is 11.8. The average molecular weight is 213 g/mol. The van der Waals surface area contributed by atoms with E-state index in [1.165, 1.54) is 38.6 Å². The third-order valence-corrected chi connectivity index (χ3v) is 2.94. The smallest absolute Gasteiger partial charge is 0.00248 e. The number of unbranched alkanes of at least 4 members (excludes halogenated alkanes) is 1. The van der Waals surface area contributed by atoms with E-state index < -0.39 is 0 Å². The first kappa shape index (κ1) is 15.0. The normalized spacial score (nSPS) is 14.6. The van der Waals surface area contributed by atoms with Crippen molar-refractivity contribution in [2.45, 2.75) is 59.8 Å². The van der Waals surface area contributed by atoms with Gasteiger partial charge >= 0.3 is 0 Å². The summed E-state index contributed by atoms with van der Waals surface area (Å²) in [5.41, 5.74) is 0.512. The highest BCUT2D eigenvalue weighted by atomic mass is 15.0. The number of nitrogens with zero attached hydrogens (tertiary/aromatic N) is 1. The Morgan fingerprint density at radius 2 is 1.60 bits per heavy atom. The summed E-state index contributed by atoms with van der Waals surface area (Å²) >= 11 is 0. The Bertz CT molecular complexity index is 144. The Labute approximate surface area is 97.2 Å². The van der Waals surface area contributed by atoms with Gasteiger partial charge in [-0.15, -0.1) is 0 Å². The molecule has 0 heterocycles. The van der Waals surface area contributed by atoms with Crippen molar-refractivity contribution in [2.75, 3.05) is 20.6 Å². The fourth-order valence-electron chi connectivity index (χ4n) is 1.74. The Kier molecular flexibility index (Phi) is 7.25. The fraction of sp³-hybridized carbons (Fsp3) is 1.00. The molecule has 0 spiro atoms. The monoisotopic (exact) mass is 213 g/mol. The lowest BCUT2D eigenvalue weighted by Crippen LogP contribution is -2.13. The standard InChI is InChI=1S/C14H31N/c1-13(10-11-14(2,3)4)9-7-8-12-15(5)6/h13H,7-12H2,1-6H3. The predicted octanol–water partition coefficient (Wildman–Crippen LogP) is 4.18. The van der Waals surface area contributed by atoms with Crippen molar-refractivity contribution in [1.82, 2.24) is 4.90 Å². The van der Waals surface area contributed by atoms with E-state index in [0.717, 1.165) is 5.92 Å². The van der Waals surface area contributed by atoms with Gasteiger partial charge < -0.3 is 4.90 Å². The Morgan fingerprint density at radius 3 is 2.07 bits per heavy atom. The van der Waals surface area contributed by atoms with E-state index in [4.69, 9.17) is 0 Å². The molecule has 0 N–H and O–H groups in total. The molecule has 1 heteroatoms. The second-order valence-corrected chi connectivity index (χ2v) is 6.50. The van der Waals surface area contributed by atoms with Crippen LogP contribution in [0, 0.1) is 11.3 Å². The van der Waals surface area contributed by atoms with Crippen LogP contribution < -0.4 is 0 Å². The van der Waals surface area contributed by atoms with Crippen LogP contribution in [-0.2, 0) is 0 Å². The first-order valence-electron chi connectivity index (χ1n) is 6.46. The van der Waals surface area contributed by atoms with Gasteiger partial charge in [0, 0.05) is 0 Å². The Morgan fingerprint density at radius 1 is 1.00 bits per heavy atom. The van der Waals surface area contributed by atoms with E-state index in [9.17, 15) is 0 Å². The molecule has 0 radical (unpaired) electrons. The van der Waals surface area contributed by atoms with E-state index in [2.05, 4.69) is 46.7 Å². The maximum atomic E-state index is 2.40. The summed E-state index contributed by atoms with van der Waals surface area (Å²) in [5, 5.41) is 0. The van der Waals surface area contributed by atoms with Crippen molar-refractivity contribution in [3.63, 3.8) is 0 Å². The van der Waals surface area contributed by atoms with Gasteiger partial charge in [0.2, 0.25) is 0 Å². The van der Waals surface area contributed by atoms with Crippen LogP contribution in [0.4, 0.5) is 0 Å². The van der Waals surface area contributed by atoms with Gasteiger partial charge in [0.25, 0.3) is 0 Å². The van der Waals surface area contributed by atoms with Gasteiger partial charge in [-0.25, -0.2) is 0 Å². The minimum Gasteiger partial charge on any atom is -0.309 e. The zero-order valence-electron chi connectivity index (χ0n) is 11.8. The van der Waals surface area contributed by atoms with Gasteiger partial charge in [-0.05, 0) is 44.8 Å². The second kappa shape index (κ2) is 7.27. The molecule has 0 bridgehead atoms. The molecule has 0 aliphatic heterocycles. The molecule has 1 nitrogen and oxygen atoms in total. The van der Waals surface area contributed by atoms with E-state index in [1.807, 2.05) is 0 Å². The van der Waals surface area contributed by atoms with Crippen LogP contribution in [0.1, 0.15) is 59.8 Å². The van der Waals surface area contributed by atoms with Crippen LogP contribution in [0.3, 0.4) is 0 Å². The molecule has 0 aromatic carbocycles. The lowest BCUT2D eigenvalue weighted by atomic mass is 9.86. The maximum absolute atomic E-state index is 2.40. The first-order chi connectivity index (χ1) is 6.81.